The molecule has 0 bridgehead atoms. The van der Waals surface area contributed by atoms with Crippen molar-refractivity contribution < 1.29 is 19.7 Å². The number of thiocyanates is 2. The van der Waals surface area contributed by atoms with Crippen LogP contribution < -0.4 is 9.47 Å². The largest absolute Gasteiger partial charge is 0.491 e. The minimum absolute atomic E-state index is 0.128. The van der Waals surface area contributed by atoms with E-state index < -0.39 is 0 Å². The van der Waals surface area contributed by atoms with Crippen molar-refractivity contribution in [2.45, 2.75) is 9.79 Å². The molecule has 0 fully saturated rings. The normalized spacial score (nSPS) is 10.2. The van der Waals surface area contributed by atoms with Crippen molar-refractivity contribution in [2.75, 3.05) is 26.4 Å². The van der Waals surface area contributed by atoms with Crippen LogP contribution in [-0.4, -0.2) is 36.6 Å². The van der Waals surface area contributed by atoms with Crippen molar-refractivity contribution >= 4 is 23.5 Å². The summed E-state index contributed by atoms with van der Waals surface area (Å²) in [5.74, 6) is 1.14. The Hall–Kier alpha value is -3.14. The molecule has 0 spiro atoms. The van der Waals surface area contributed by atoms with Crippen molar-refractivity contribution in [1.29, 1.82) is 10.5 Å². The number of hydrogen-bond acceptors (Lipinski definition) is 8. The average Bonchev–Trinajstić information content (AvgIpc) is 2.83. The lowest BCUT2D eigenvalue weighted by molar-refractivity contribution is 0.199. The van der Waals surface area contributed by atoms with Gasteiger partial charge in [-0.1, -0.05) is 24.3 Å². The summed E-state index contributed by atoms with van der Waals surface area (Å²) >= 11 is 2.17. The summed E-state index contributed by atoms with van der Waals surface area (Å²) in [6, 6.07) is 18.7. The highest BCUT2D eigenvalue weighted by atomic mass is 32.2. The lowest BCUT2D eigenvalue weighted by Crippen LogP contribution is -2.06. The number of nitrogens with zero attached hydrogens (tertiary/aromatic N) is 2. The molecule has 0 aliphatic carbocycles. The average molecular weight is 465 g/mol. The molecule has 0 aliphatic heterocycles. The summed E-state index contributed by atoms with van der Waals surface area (Å²) in [6.45, 7) is -0.00245. The van der Waals surface area contributed by atoms with Gasteiger partial charge in [-0.25, -0.2) is 0 Å². The molecule has 0 atom stereocenters. The molecule has 2 N–H and O–H groups in total. The van der Waals surface area contributed by atoms with E-state index in [0.29, 0.717) is 11.5 Å². The van der Waals surface area contributed by atoms with Gasteiger partial charge < -0.3 is 19.7 Å². The fourth-order valence-electron chi connectivity index (χ4n) is 3.07. The molecule has 162 valence electrons. The van der Waals surface area contributed by atoms with Gasteiger partial charge in [0.1, 0.15) is 35.5 Å². The number of rotatable bonds is 10. The Bertz CT molecular complexity index is 1030. The summed E-state index contributed by atoms with van der Waals surface area (Å²) in [4.78, 5) is 1.66. The Labute approximate surface area is 195 Å². The van der Waals surface area contributed by atoms with Crippen LogP contribution in [0, 0.1) is 21.3 Å². The fraction of sp³-hybridized carbons (Fsp3) is 0.167. The second kappa shape index (κ2) is 12.0. The summed E-state index contributed by atoms with van der Waals surface area (Å²) in [6.07, 6.45) is 0. The predicted octanol–water partition coefficient (Wildman–Crippen LogP) is 4.91. The molecule has 3 rings (SSSR count). The molecule has 32 heavy (non-hydrogen) atoms. The van der Waals surface area contributed by atoms with Crippen LogP contribution >= 0.6 is 23.5 Å². The Kier molecular flexibility index (Phi) is 8.85. The van der Waals surface area contributed by atoms with Crippen molar-refractivity contribution in [3.05, 3.63) is 60.7 Å². The van der Waals surface area contributed by atoms with Crippen LogP contribution in [0.5, 0.6) is 11.5 Å². The lowest BCUT2D eigenvalue weighted by Gasteiger charge is -2.18. The van der Waals surface area contributed by atoms with Crippen molar-refractivity contribution in [2.24, 2.45) is 0 Å². The summed E-state index contributed by atoms with van der Waals surface area (Å²) in [5, 5.41) is 40.4. The van der Waals surface area contributed by atoms with Gasteiger partial charge in [-0.05, 0) is 71.0 Å². The SMILES string of the molecule is N#CSc1ccc(-c2cc(OCCO)c(-c3ccc(SC#N)cc3)cc2OCCO)cc1. The van der Waals surface area contributed by atoms with Crippen molar-refractivity contribution in [3.8, 4) is 44.6 Å². The first kappa shape index (κ1) is 23.5. The van der Waals surface area contributed by atoms with Crippen LogP contribution in [0.2, 0.25) is 0 Å². The Morgan fingerprint density at radius 1 is 0.656 bits per heavy atom. The number of nitriles is 2. The summed E-state index contributed by atoms with van der Waals surface area (Å²) < 4.78 is 11.7. The highest BCUT2D eigenvalue weighted by molar-refractivity contribution is 8.04. The monoisotopic (exact) mass is 464 g/mol. The second-order valence-corrected chi connectivity index (χ2v) is 8.14. The number of hydrogen-bond donors (Lipinski definition) is 2. The first-order chi connectivity index (χ1) is 15.7. The molecule has 6 nitrogen and oxygen atoms in total. The number of aliphatic hydroxyl groups excluding tert-OH is 2. The van der Waals surface area contributed by atoms with Crippen LogP contribution in [0.1, 0.15) is 0 Å². The van der Waals surface area contributed by atoms with Gasteiger partial charge in [0.05, 0.1) is 13.2 Å². The first-order valence-corrected chi connectivity index (χ1v) is 11.3. The lowest BCUT2D eigenvalue weighted by atomic mass is 9.98. The summed E-state index contributed by atoms with van der Waals surface area (Å²) in [7, 11) is 0. The van der Waals surface area contributed by atoms with Crippen LogP contribution in [0.15, 0.2) is 70.5 Å². The highest BCUT2D eigenvalue weighted by Gasteiger charge is 2.16. The Morgan fingerprint density at radius 2 is 1.03 bits per heavy atom. The number of ether oxygens (including phenoxy) is 2. The van der Waals surface area contributed by atoms with Crippen LogP contribution in [0.4, 0.5) is 0 Å². The molecule has 3 aromatic rings. The molecular formula is C24H20N2O4S2. The third kappa shape index (κ3) is 5.97. The topological polar surface area (TPSA) is 106 Å². The van der Waals surface area contributed by atoms with Gasteiger partial charge in [-0.3, -0.25) is 0 Å². The van der Waals surface area contributed by atoms with Crippen molar-refractivity contribution in [3.63, 3.8) is 0 Å². The molecule has 3 aromatic carbocycles. The maximum Gasteiger partial charge on any atom is 0.138 e. The third-order valence-electron chi connectivity index (χ3n) is 4.44. The minimum atomic E-state index is -0.130. The Morgan fingerprint density at radius 3 is 1.34 bits per heavy atom. The third-order valence-corrected chi connectivity index (χ3v) is 5.64. The van der Waals surface area contributed by atoms with Crippen molar-refractivity contribution in [1.82, 2.24) is 0 Å². The zero-order valence-electron chi connectivity index (χ0n) is 17.0. The molecule has 0 heterocycles. The van der Waals surface area contributed by atoms with Crippen LogP contribution in [-0.2, 0) is 0 Å². The van der Waals surface area contributed by atoms with E-state index in [4.69, 9.17) is 20.0 Å². The maximum absolute atomic E-state index is 9.28. The van der Waals surface area contributed by atoms with Gasteiger partial charge in [0.25, 0.3) is 0 Å². The zero-order chi connectivity index (χ0) is 22.8. The van der Waals surface area contributed by atoms with Gasteiger partial charge in [-0.15, -0.1) is 0 Å². The summed E-state index contributed by atoms with van der Waals surface area (Å²) in [5.41, 5.74) is 3.25. The van der Waals surface area contributed by atoms with E-state index in [2.05, 4.69) is 10.8 Å². The molecule has 0 amide bonds. The molecule has 0 unspecified atom stereocenters. The van der Waals surface area contributed by atoms with Gasteiger partial charge >= 0.3 is 0 Å². The number of aliphatic hydroxyl groups is 2. The first-order valence-electron chi connectivity index (χ1n) is 9.68. The number of benzene rings is 3. The van der Waals surface area contributed by atoms with Gasteiger partial charge in [-0.2, -0.15) is 10.5 Å². The zero-order valence-corrected chi connectivity index (χ0v) is 18.7. The van der Waals surface area contributed by atoms with E-state index in [9.17, 15) is 10.2 Å². The van der Waals surface area contributed by atoms with E-state index >= 15 is 0 Å². The smallest absolute Gasteiger partial charge is 0.138 e. The van der Waals surface area contributed by atoms with Crippen LogP contribution in [0.3, 0.4) is 0 Å². The quantitative estimate of drug-likeness (QED) is 0.322. The minimum Gasteiger partial charge on any atom is -0.491 e. The maximum atomic E-state index is 9.28. The fourth-order valence-corrected chi connectivity index (χ4v) is 3.83. The van der Waals surface area contributed by atoms with Crippen LogP contribution in [0.25, 0.3) is 22.3 Å². The molecule has 0 aromatic heterocycles. The van der Waals surface area contributed by atoms with Gasteiger partial charge in [0.2, 0.25) is 0 Å². The molecule has 0 saturated heterocycles. The highest BCUT2D eigenvalue weighted by Crippen LogP contribution is 2.41. The molecule has 0 radical (unpaired) electrons. The van der Waals surface area contributed by atoms with E-state index in [1.807, 2.05) is 60.7 Å². The van der Waals surface area contributed by atoms with Gasteiger partial charge in [0, 0.05) is 20.9 Å². The standard InChI is InChI=1S/C24H20N2O4S2/c25-15-31-19-5-1-17(2-6-19)21-13-24(30-12-10-28)22(14-23(21)29-11-9-27)18-3-7-20(8-4-18)32-16-26/h1-8,13-14,27-28H,9-12H2. The van der Waals surface area contributed by atoms with Gasteiger partial charge in [0.15, 0.2) is 0 Å². The molecule has 8 heteroatoms. The predicted molar refractivity (Wildman–Crippen MR) is 125 cm³/mol. The molecule has 0 saturated carbocycles. The number of thioether (sulfide) groups is 2. The van der Waals surface area contributed by atoms with E-state index in [1.54, 1.807) is 0 Å². The molecular weight excluding hydrogens is 444 g/mol. The second-order valence-electron chi connectivity index (χ2n) is 6.42. The van der Waals surface area contributed by atoms with E-state index in [1.165, 1.54) is 0 Å². The molecule has 0 aliphatic rings. The van der Waals surface area contributed by atoms with E-state index in [0.717, 1.165) is 55.6 Å². The Balaban J connectivity index is 2.10. The van der Waals surface area contributed by atoms with E-state index in [-0.39, 0.29) is 26.4 Å².